The summed E-state index contributed by atoms with van der Waals surface area (Å²) in [5.41, 5.74) is 0.853. The molecule has 0 unspecified atom stereocenters. The average molecular weight is 410 g/mol. The minimum atomic E-state index is -0.887. The van der Waals surface area contributed by atoms with E-state index in [1.54, 1.807) is 19.1 Å². The Morgan fingerprint density at radius 1 is 0.967 bits per heavy atom. The Labute approximate surface area is 176 Å². The van der Waals surface area contributed by atoms with Crippen LogP contribution in [-0.4, -0.2) is 60.1 Å². The molecule has 2 aromatic rings. The van der Waals surface area contributed by atoms with Gasteiger partial charge >= 0.3 is 6.03 Å². The summed E-state index contributed by atoms with van der Waals surface area (Å²) in [5, 5.41) is 2.88. The predicted octanol–water partition coefficient (Wildman–Crippen LogP) is 2.85. The maximum Gasteiger partial charge on any atom is 0.326 e. The van der Waals surface area contributed by atoms with Crippen molar-refractivity contribution in [2.45, 2.75) is 25.3 Å². The van der Waals surface area contributed by atoms with Crippen LogP contribution in [0.3, 0.4) is 0 Å². The maximum absolute atomic E-state index is 14.0. The van der Waals surface area contributed by atoms with E-state index in [0.717, 1.165) is 12.0 Å². The first kappa shape index (κ1) is 20.3. The zero-order valence-corrected chi connectivity index (χ0v) is 17.2. The van der Waals surface area contributed by atoms with E-state index in [1.165, 1.54) is 11.0 Å². The fourth-order valence-electron chi connectivity index (χ4n) is 4.12. The number of piperazine rings is 1. The number of nitrogens with one attached hydrogen (secondary N) is 1. The first-order chi connectivity index (χ1) is 14.5. The number of hydrogen-bond acceptors (Lipinski definition) is 4. The molecule has 2 saturated heterocycles. The van der Waals surface area contributed by atoms with Gasteiger partial charge in [-0.05, 0) is 37.5 Å². The van der Waals surface area contributed by atoms with Crippen LogP contribution in [0, 0.1) is 5.82 Å². The zero-order chi connectivity index (χ0) is 21.1. The van der Waals surface area contributed by atoms with Crippen molar-refractivity contribution in [2.75, 3.05) is 37.7 Å². The van der Waals surface area contributed by atoms with Crippen molar-refractivity contribution in [1.82, 2.24) is 15.1 Å². The Balaban J connectivity index is 1.33. The largest absolute Gasteiger partial charge is 0.367 e. The summed E-state index contributed by atoms with van der Waals surface area (Å²) < 4.78 is 14.0. The second-order valence-electron chi connectivity index (χ2n) is 8.18. The van der Waals surface area contributed by atoms with Crippen molar-refractivity contribution < 1.29 is 14.0 Å². The number of nitrogens with zero attached hydrogens (tertiary/aromatic N) is 3. The van der Waals surface area contributed by atoms with Crippen LogP contribution >= 0.6 is 0 Å². The molecule has 2 fully saturated rings. The predicted molar refractivity (Wildman–Crippen MR) is 114 cm³/mol. The van der Waals surface area contributed by atoms with Gasteiger partial charge in [0.1, 0.15) is 11.4 Å². The minimum absolute atomic E-state index is 0.181. The molecule has 2 aliphatic heterocycles. The smallest absolute Gasteiger partial charge is 0.326 e. The molecule has 2 aliphatic rings. The SMILES string of the molecule is C[C@]1(CCc2ccccc2)NC(=O)N(CN2CCN(c3ccccc3F)CC2)C1=O. The molecule has 7 heteroatoms. The molecule has 1 N–H and O–H groups in total. The second kappa shape index (κ2) is 8.44. The summed E-state index contributed by atoms with van der Waals surface area (Å²) in [7, 11) is 0. The second-order valence-corrected chi connectivity index (χ2v) is 8.18. The Kier molecular flexibility index (Phi) is 5.72. The third kappa shape index (κ3) is 4.16. The molecule has 0 saturated carbocycles. The van der Waals surface area contributed by atoms with Gasteiger partial charge in [-0.25, -0.2) is 14.1 Å². The van der Waals surface area contributed by atoms with Gasteiger partial charge in [0.05, 0.1) is 12.4 Å². The highest BCUT2D eigenvalue weighted by Crippen LogP contribution is 2.25. The van der Waals surface area contributed by atoms with Gasteiger partial charge in [-0.2, -0.15) is 0 Å². The van der Waals surface area contributed by atoms with Crippen LogP contribution in [0.15, 0.2) is 54.6 Å². The number of urea groups is 1. The number of para-hydroxylation sites is 1. The molecule has 2 aromatic carbocycles. The number of aryl methyl sites for hydroxylation is 1. The third-order valence-corrected chi connectivity index (χ3v) is 6.01. The van der Waals surface area contributed by atoms with Crippen molar-refractivity contribution in [3.05, 3.63) is 66.0 Å². The lowest BCUT2D eigenvalue weighted by molar-refractivity contribution is -0.132. The van der Waals surface area contributed by atoms with Gasteiger partial charge in [-0.1, -0.05) is 42.5 Å². The highest BCUT2D eigenvalue weighted by molar-refractivity contribution is 6.06. The summed E-state index contributed by atoms with van der Waals surface area (Å²) >= 11 is 0. The summed E-state index contributed by atoms with van der Waals surface area (Å²) in [6, 6.07) is 16.4. The lowest BCUT2D eigenvalue weighted by Gasteiger charge is -2.37. The van der Waals surface area contributed by atoms with E-state index < -0.39 is 5.54 Å². The monoisotopic (exact) mass is 410 g/mol. The Hall–Kier alpha value is -2.93. The van der Waals surface area contributed by atoms with Crippen LogP contribution in [0.25, 0.3) is 0 Å². The molecule has 30 heavy (non-hydrogen) atoms. The van der Waals surface area contributed by atoms with Crippen molar-refractivity contribution >= 4 is 17.6 Å². The first-order valence-electron chi connectivity index (χ1n) is 10.4. The van der Waals surface area contributed by atoms with Crippen molar-refractivity contribution in [3.63, 3.8) is 0 Å². The molecule has 0 aliphatic carbocycles. The number of imide groups is 1. The number of halogens is 1. The van der Waals surface area contributed by atoms with Crippen LogP contribution in [0.2, 0.25) is 0 Å². The van der Waals surface area contributed by atoms with Crippen LogP contribution in [0.5, 0.6) is 0 Å². The summed E-state index contributed by atoms with van der Waals surface area (Å²) in [6.45, 7) is 4.67. The van der Waals surface area contributed by atoms with E-state index in [9.17, 15) is 14.0 Å². The number of benzene rings is 2. The number of carbonyl (C=O) groups excluding carboxylic acids is 2. The van der Waals surface area contributed by atoms with Crippen molar-refractivity contribution in [1.29, 1.82) is 0 Å². The number of rotatable bonds is 6. The highest BCUT2D eigenvalue weighted by atomic mass is 19.1. The number of hydrogen-bond donors (Lipinski definition) is 1. The molecule has 1 atom stereocenters. The Morgan fingerprint density at radius 3 is 2.33 bits per heavy atom. The molecule has 0 spiro atoms. The van der Waals surface area contributed by atoms with Gasteiger partial charge < -0.3 is 10.2 Å². The fraction of sp³-hybridized carbons (Fsp3) is 0.391. The molecular weight excluding hydrogens is 383 g/mol. The van der Waals surface area contributed by atoms with Crippen LogP contribution in [0.4, 0.5) is 14.9 Å². The zero-order valence-electron chi connectivity index (χ0n) is 17.2. The van der Waals surface area contributed by atoms with Crippen LogP contribution in [-0.2, 0) is 11.2 Å². The standard InChI is InChI=1S/C23H27FN4O2/c1-23(12-11-18-7-3-2-4-8-18)21(29)28(22(30)25-23)17-26-13-15-27(16-14-26)20-10-6-5-9-19(20)24/h2-10H,11-17H2,1H3,(H,25,30)/t23-/m1/s1. The summed E-state index contributed by atoms with van der Waals surface area (Å²) in [5.74, 6) is -0.408. The molecule has 0 radical (unpaired) electrons. The van der Waals surface area contributed by atoms with E-state index in [4.69, 9.17) is 0 Å². The quantitative estimate of drug-likeness (QED) is 0.744. The van der Waals surface area contributed by atoms with Gasteiger partial charge in [0, 0.05) is 26.2 Å². The molecule has 0 aromatic heterocycles. The van der Waals surface area contributed by atoms with E-state index >= 15 is 0 Å². The lowest BCUT2D eigenvalue weighted by atomic mass is 9.93. The first-order valence-corrected chi connectivity index (χ1v) is 10.4. The minimum Gasteiger partial charge on any atom is -0.367 e. The van der Waals surface area contributed by atoms with Crippen molar-refractivity contribution in [2.24, 2.45) is 0 Å². The van der Waals surface area contributed by atoms with Gasteiger partial charge in [-0.3, -0.25) is 9.69 Å². The van der Waals surface area contributed by atoms with Crippen molar-refractivity contribution in [3.8, 4) is 0 Å². The number of carbonyl (C=O) groups is 2. The normalized spacial score (nSPS) is 22.5. The maximum atomic E-state index is 14.0. The molecule has 0 bridgehead atoms. The van der Waals surface area contributed by atoms with E-state index in [0.29, 0.717) is 38.3 Å². The van der Waals surface area contributed by atoms with Gasteiger partial charge in [0.15, 0.2) is 0 Å². The molecule has 2 heterocycles. The average Bonchev–Trinajstić information content (AvgIpc) is 2.97. The van der Waals surface area contributed by atoms with Gasteiger partial charge in [0.25, 0.3) is 5.91 Å². The van der Waals surface area contributed by atoms with Gasteiger partial charge in [0.2, 0.25) is 0 Å². The van der Waals surface area contributed by atoms with Crippen LogP contribution in [0.1, 0.15) is 18.9 Å². The lowest BCUT2D eigenvalue weighted by Crippen LogP contribution is -2.52. The Bertz CT molecular complexity index is 914. The van der Waals surface area contributed by atoms with Gasteiger partial charge in [-0.15, -0.1) is 0 Å². The van der Waals surface area contributed by atoms with E-state index in [-0.39, 0.29) is 24.4 Å². The molecule has 4 rings (SSSR count). The summed E-state index contributed by atoms with van der Waals surface area (Å²) in [6.07, 6.45) is 1.28. The molecule has 158 valence electrons. The molecule has 3 amide bonds. The van der Waals surface area contributed by atoms with E-state index in [1.807, 2.05) is 41.3 Å². The summed E-state index contributed by atoms with van der Waals surface area (Å²) in [4.78, 5) is 30.9. The third-order valence-electron chi connectivity index (χ3n) is 6.01. The van der Waals surface area contributed by atoms with E-state index in [2.05, 4.69) is 10.2 Å². The molecule has 6 nitrogen and oxygen atoms in total. The Morgan fingerprint density at radius 2 is 1.63 bits per heavy atom. The highest BCUT2D eigenvalue weighted by Gasteiger charge is 2.47. The van der Waals surface area contributed by atoms with Crippen LogP contribution < -0.4 is 10.2 Å². The number of amides is 3. The fourth-order valence-corrected chi connectivity index (χ4v) is 4.12. The molecular formula is C23H27FN4O2. The number of anilines is 1. The topological polar surface area (TPSA) is 55.9 Å².